The van der Waals surface area contributed by atoms with Crippen molar-refractivity contribution in [1.29, 1.82) is 0 Å². The van der Waals surface area contributed by atoms with E-state index >= 15 is 0 Å². The van der Waals surface area contributed by atoms with E-state index in [0.717, 1.165) is 35.3 Å². The zero-order chi connectivity index (χ0) is 13.2. The number of pyridine rings is 1. The van der Waals surface area contributed by atoms with Gasteiger partial charge in [0.2, 0.25) is 0 Å². The predicted octanol–water partition coefficient (Wildman–Crippen LogP) is 2.59. The first-order chi connectivity index (χ1) is 9.25. The van der Waals surface area contributed by atoms with Crippen molar-refractivity contribution in [3.8, 4) is 0 Å². The number of nitrogens with zero attached hydrogens (tertiary/aromatic N) is 2. The quantitative estimate of drug-likeness (QED) is 0.823. The maximum absolute atomic E-state index is 12.4. The Labute approximate surface area is 112 Å². The van der Waals surface area contributed by atoms with E-state index in [9.17, 15) is 4.79 Å². The summed E-state index contributed by atoms with van der Waals surface area (Å²) in [6, 6.07) is 11.8. The van der Waals surface area contributed by atoms with E-state index < -0.39 is 0 Å². The lowest BCUT2D eigenvalue weighted by Gasteiger charge is -2.28. The highest BCUT2D eigenvalue weighted by Gasteiger charge is 2.24. The molecule has 0 bridgehead atoms. The topological polar surface area (TPSA) is 33.2 Å². The van der Waals surface area contributed by atoms with Crippen LogP contribution in [0.1, 0.15) is 27.2 Å². The van der Waals surface area contributed by atoms with E-state index in [0.29, 0.717) is 6.54 Å². The smallest absolute Gasteiger partial charge is 0.254 e. The van der Waals surface area contributed by atoms with E-state index in [1.165, 1.54) is 0 Å². The second-order valence-electron chi connectivity index (χ2n) is 4.90. The minimum absolute atomic E-state index is 0.118. The number of aryl methyl sites for hydroxylation is 1. The molecular weight excluding hydrogens is 236 g/mol. The largest absolute Gasteiger partial charge is 0.332 e. The fourth-order valence-corrected chi connectivity index (χ4v) is 2.49. The molecule has 3 heteroatoms. The zero-order valence-electron chi connectivity index (χ0n) is 11.0. The van der Waals surface area contributed by atoms with Crippen LogP contribution in [0.5, 0.6) is 0 Å². The Morgan fingerprint density at radius 3 is 2.89 bits per heavy atom. The molecule has 19 heavy (non-hydrogen) atoms. The highest BCUT2D eigenvalue weighted by molar-refractivity contribution is 5.96. The van der Waals surface area contributed by atoms with Crippen LogP contribution < -0.4 is 0 Å². The summed E-state index contributed by atoms with van der Waals surface area (Å²) in [5, 5.41) is 0. The van der Waals surface area contributed by atoms with Crippen LogP contribution in [0.4, 0.5) is 0 Å². The molecule has 0 saturated carbocycles. The van der Waals surface area contributed by atoms with Gasteiger partial charge in [-0.25, -0.2) is 0 Å². The molecule has 96 valence electrons. The van der Waals surface area contributed by atoms with Crippen LogP contribution in [-0.2, 0) is 13.0 Å². The van der Waals surface area contributed by atoms with Gasteiger partial charge in [-0.05, 0) is 36.6 Å². The van der Waals surface area contributed by atoms with Crippen molar-refractivity contribution < 1.29 is 4.79 Å². The van der Waals surface area contributed by atoms with Crippen LogP contribution in [-0.4, -0.2) is 22.3 Å². The molecule has 1 aliphatic heterocycles. The van der Waals surface area contributed by atoms with Crippen molar-refractivity contribution in [2.24, 2.45) is 0 Å². The number of aromatic nitrogens is 1. The second-order valence-corrected chi connectivity index (χ2v) is 4.90. The molecule has 0 aliphatic carbocycles. The lowest BCUT2D eigenvalue weighted by Crippen LogP contribution is -2.37. The molecule has 0 atom stereocenters. The summed E-state index contributed by atoms with van der Waals surface area (Å²) < 4.78 is 0. The summed E-state index contributed by atoms with van der Waals surface area (Å²) in [4.78, 5) is 18.7. The molecule has 0 radical (unpaired) electrons. The van der Waals surface area contributed by atoms with Gasteiger partial charge in [-0.3, -0.25) is 9.78 Å². The number of carbonyl (C=O) groups is 1. The van der Waals surface area contributed by atoms with E-state index in [4.69, 9.17) is 0 Å². The Kier molecular flexibility index (Phi) is 3.03. The summed E-state index contributed by atoms with van der Waals surface area (Å²) >= 11 is 0. The average molecular weight is 252 g/mol. The molecular formula is C16H16N2O. The number of hydrogen-bond donors (Lipinski definition) is 0. The van der Waals surface area contributed by atoms with Gasteiger partial charge >= 0.3 is 0 Å². The van der Waals surface area contributed by atoms with Crippen molar-refractivity contribution in [3.05, 3.63) is 65.0 Å². The first kappa shape index (κ1) is 11.9. The van der Waals surface area contributed by atoms with Gasteiger partial charge in [0.1, 0.15) is 0 Å². The standard InChI is InChI=1S/C16H16N2O/c1-12-5-4-9-17-15(12)11-18-10-8-13-6-2-3-7-14(13)16(18)19/h2-7,9H,8,10-11H2,1H3. The second kappa shape index (κ2) is 4.84. The van der Waals surface area contributed by atoms with Crippen LogP contribution >= 0.6 is 0 Å². The molecule has 0 saturated heterocycles. The van der Waals surface area contributed by atoms with Gasteiger partial charge in [-0.1, -0.05) is 24.3 Å². The third-order valence-electron chi connectivity index (χ3n) is 3.64. The Hall–Kier alpha value is -2.16. The number of amides is 1. The molecule has 1 aromatic heterocycles. The molecule has 0 unspecified atom stereocenters. The van der Waals surface area contributed by atoms with Crippen molar-refractivity contribution in [1.82, 2.24) is 9.88 Å². The lowest BCUT2D eigenvalue weighted by molar-refractivity contribution is 0.0724. The molecule has 0 N–H and O–H groups in total. The monoisotopic (exact) mass is 252 g/mol. The van der Waals surface area contributed by atoms with E-state index in [2.05, 4.69) is 4.98 Å². The summed E-state index contributed by atoms with van der Waals surface area (Å²) in [5.41, 5.74) is 4.10. The van der Waals surface area contributed by atoms with E-state index in [1.54, 1.807) is 6.20 Å². The average Bonchev–Trinajstić information content (AvgIpc) is 2.44. The molecule has 0 spiro atoms. The number of carbonyl (C=O) groups excluding carboxylic acids is 1. The third kappa shape index (κ3) is 2.24. The Bertz CT molecular complexity index is 622. The predicted molar refractivity (Wildman–Crippen MR) is 73.9 cm³/mol. The SMILES string of the molecule is Cc1cccnc1CN1CCc2ccccc2C1=O. The Morgan fingerprint density at radius 2 is 2.05 bits per heavy atom. The van der Waals surface area contributed by atoms with Crippen LogP contribution in [0.3, 0.4) is 0 Å². The number of rotatable bonds is 2. The van der Waals surface area contributed by atoms with Gasteiger partial charge in [0, 0.05) is 18.3 Å². The Morgan fingerprint density at radius 1 is 1.21 bits per heavy atom. The minimum atomic E-state index is 0.118. The van der Waals surface area contributed by atoms with Crippen LogP contribution in [0.2, 0.25) is 0 Å². The van der Waals surface area contributed by atoms with Crippen molar-refractivity contribution >= 4 is 5.91 Å². The molecule has 3 rings (SSSR count). The molecule has 1 amide bonds. The summed E-state index contributed by atoms with van der Waals surface area (Å²) in [6.45, 7) is 3.40. The van der Waals surface area contributed by atoms with Crippen LogP contribution in [0.25, 0.3) is 0 Å². The molecule has 2 heterocycles. The first-order valence-corrected chi connectivity index (χ1v) is 6.53. The van der Waals surface area contributed by atoms with Gasteiger partial charge < -0.3 is 4.90 Å². The molecule has 3 nitrogen and oxygen atoms in total. The van der Waals surface area contributed by atoms with Gasteiger partial charge in [0.05, 0.1) is 12.2 Å². The maximum Gasteiger partial charge on any atom is 0.254 e. The number of hydrogen-bond acceptors (Lipinski definition) is 2. The highest BCUT2D eigenvalue weighted by atomic mass is 16.2. The van der Waals surface area contributed by atoms with Gasteiger partial charge in [0.25, 0.3) is 5.91 Å². The lowest BCUT2D eigenvalue weighted by atomic mass is 9.99. The minimum Gasteiger partial charge on any atom is -0.332 e. The fourth-order valence-electron chi connectivity index (χ4n) is 2.49. The first-order valence-electron chi connectivity index (χ1n) is 6.53. The summed E-state index contributed by atoms with van der Waals surface area (Å²) in [6.07, 6.45) is 2.71. The Balaban J connectivity index is 1.85. The summed E-state index contributed by atoms with van der Waals surface area (Å²) in [5.74, 6) is 0.118. The number of fused-ring (bicyclic) bond motifs is 1. The highest BCUT2D eigenvalue weighted by Crippen LogP contribution is 2.20. The number of benzene rings is 1. The molecule has 2 aromatic rings. The molecule has 1 aromatic carbocycles. The normalized spacial score (nSPS) is 14.4. The van der Waals surface area contributed by atoms with E-state index in [1.807, 2.05) is 48.2 Å². The van der Waals surface area contributed by atoms with Crippen LogP contribution in [0, 0.1) is 6.92 Å². The van der Waals surface area contributed by atoms with E-state index in [-0.39, 0.29) is 5.91 Å². The van der Waals surface area contributed by atoms with Crippen molar-refractivity contribution in [2.75, 3.05) is 6.54 Å². The zero-order valence-corrected chi connectivity index (χ0v) is 11.0. The maximum atomic E-state index is 12.4. The fraction of sp³-hybridized carbons (Fsp3) is 0.250. The van der Waals surface area contributed by atoms with Crippen molar-refractivity contribution in [2.45, 2.75) is 19.9 Å². The summed E-state index contributed by atoms with van der Waals surface area (Å²) in [7, 11) is 0. The molecule has 1 aliphatic rings. The van der Waals surface area contributed by atoms with Crippen LogP contribution in [0.15, 0.2) is 42.6 Å². The third-order valence-corrected chi connectivity index (χ3v) is 3.64. The molecule has 0 fully saturated rings. The van der Waals surface area contributed by atoms with Gasteiger partial charge in [0.15, 0.2) is 0 Å². The van der Waals surface area contributed by atoms with Crippen molar-refractivity contribution in [3.63, 3.8) is 0 Å². The van der Waals surface area contributed by atoms with Gasteiger partial charge in [-0.2, -0.15) is 0 Å². The van der Waals surface area contributed by atoms with Gasteiger partial charge in [-0.15, -0.1) is 0 Å².